The Morgan fingerprint density at radius 3 is 2.50 bits per heavy atom. The van der Waals surface area contributed by atoms with Gasteiger partial charge in [-0.25, -0.2) is 13.9 Å². The van der Waals surface area contributed by atoms with E-state index in [1.54, 1.807) is 48.6 Å². The monoisotopic (exact) mass is 455 g/mol. The zero-order valence-corrected chi connectivity index (χ0v) is 17.9. The van der Waals surface area contributed by atoms with Crippen molar-refractivity contribution >= 4 is 33.8 Å². The van der Waals surface area contributed by atoms with Gasteiger partial charge in [-0.2, -0.15) is 4.73 Å². The molecule has 0 aliphatic heterocycles. The minimum atomic E-state index is -4.18. The summed E-state index contributed by atoms with van der Waals surface area (Å²) in [5, 5.41) is 20.5. The van der Waals surface area contributed by atoms with Gasteiger partial charge in [-0.1, -0.05) is 24.3 Å². The summed E-state index contributed by atoms with van der Waals surface area (Å²) in [6.45, 7) is -0.651. The van der Waals surface area contributed by atoms with Gasteiger partial charge in [0.1, 0.15) is 12.3 Å². The van der Waals surface area contributed by atoms with E-state index in [9.17, 15) is 18.4 Å². The Morgan fingerprint density at radius 2 is 1.84 bits per heavy atom. The molecule has 0 atom stereocenters. The minimum Gasteiger partial charge on any atom is -0.619 e. The van der Waals surface area contributed by atoms with Crippen LogP contribution in [0.15, 0.2) is 78.0 Å². The molecule has 10 heteroatoms. The topological polar surface area (TPSA) is 123 Å². The smallest absolute Gasteiger partial charge is 0.264 e. The summed E-state index contributed by atoms with van der Waals surface area (Å²) >= 11 is 0. The molecule has 2 aromatic carbocycles. The van der Waals surface area contributed by atoms with E-state index < -0.39 is 22.5 Å². The molecule has 0 fully saturated rings. The molecule has 2 N–H and O–H groups in total. The molecule has 1 aromatic heterocycles. The predicted molar refractivity (Wildman–Crippen MR) is 118 cm³/mol. The number of hydrogen-bond donors (Lipinski definition) is 2. The van der Waals surface area contributed by atoms with Gasteiger partial charge in [-0.3, -0.25) is 14.3 Å². The molecule has 0 unspecified atom stereocenters. The second kappa shape index (κ2) is 9.94. The highest BCUT2D eigenvalue weighted by Gasteiger charge is 2.28. The molecule has 0 saturated heterocycles. The van der Waals surface area contributed by atoms with Gasteiger partial charge in [-0.05, 0) is 48.0 Å². The van der Waals surface area contributed by atoms with Crippen molar-refractivity contribution in [1.29, 1.82) is 0 Å². The van der Waals surface area contributed by atoms with Gasteiger partial charge in [0.15, 0.2) is 12.4 Å². The van der Waals surface area contributed by atoms with Crippen LogP contribution in [0.25, 0.3) is 12.2 Å². The summed E-state index contributed by atoms with van der Waals surface area (Å²) in [4.78, 5) is 11.9. The van der Waals surface area contributed by atoms with Crippen LogP contribution in [-0.4, -0.2) is 33.2 Å². The molecular formula is C22H21N3O6S. The lowest BCUT2D eigenvalue weighted by molar-refractivity contribution is -0.605. The fourth-order valence-corrected chi connectivity index (χ4v) is 4.40. The Bertz CT molecular complexity index is 1230. The highest BCUT2D eigenvalue weighted by atomic mass is 32.2. The largest absolute Gasteiger partial charge is 0.619 e. The van der Waals surface area contributed by atoms with Crippen LogP contribution in [0, 0.1) is 5.21 Å². The van der Waals surface area contributed by atoms with Crippen molar-refractivity contribution in [2.24, 2.45) is 0 Å². The maximum Gasteiger partial charge on any atom is 0.264 e. The Kier molecular flexibility index (Phi) is 7.08. The maximum atomic E-state index is 13.4. The molecule has 0 spiro atoms. The first-order valence-electron chi connectivity index (χ1n) is 9.41. The highest BCUT2D eigenvalue weighted by Crippen LogP contribution is 2.29. The van der Waals surface area contributed by atoms with Crippen molar-refractivity contribution in [3.63, 3.8) is 0 Å². The SMILES string of the molecule is COc1ccc(S(=O)(=O)N(CC(=O)NO)c2ccccc2/C=C\c2ccc[n+]([O-])c2)cc1. The summed E-state index contributed by atoms with van der Waals surface area (Å²) in [6, 6.07) is 15.6. The van der Waals surface area contributed by atoms with Crippen molar-refractivity contribution in [3.05, 3.63) is 89.4 Å². The maximum absolute atomic E-state index is 13.4. The number of hydrogen-bond acceptors (Lipinski definition) is 6. The number of nitrogens with zero attached hydrogens (tertiary/aromatic N) is 2. The van der Waals surface area contributed by atoms with Gasteiger partial charge in [0, 0.05) is 11.6 Å². The summed E-state index contributed by atoms with van der Waals surface area (Å²) in [5.74, 6) is -0.429. The van der Waals surface area contributed by atoms with Crippen molar-refractivity contribution in [2.45, 2.75) is 4.90 Å². The van der Waals surface area contributed by atoms with Crippen LogP contribution in [0.2, 0.25) is 0 Å². The standard InChI is InChI=1S/C22H21N3O6S/c1-31-19-10-12-20(13-11-19)32(29,30)25(16-22(26)23-27)21-7-3-2-6-18(21)9-8-17-5-4-14-24(28)15-17/h2-15,27H,16H2,1H3,(H,23,26)/b9-8-. The summed E-state index contributed by atoms with van der Waals surface area (Å²) < 4.78 is 33.4. The van der Waals surface area contributed by atoms with Crippen molar-refractivity contribution in [3.8, 4) is 5.75 Å². The number of carbonyl (C=O) groups excluding carboxylic acids is 1. The summed E-state index contributed by atoms with van der Waals surface area (Å²) in [5.41, 5.74) is 2.78. The van der Waals surface area contributed by atoms with Crippen molar-refractivity contribution < 1.29 is 27.9 Å². The lowest BCUT2D eigenvalue weighted by Crippen LogP contribution is -2.40. The van der Waals surface area contributed by atoms with E-state index in [4.69, 9.17) is 9.94 Å². The van der Waals surface area contributed by atoms with E-state index in [-0.39, 0.29) is 10.6 Å². The molecule has 1 heterocycles. The van der Waals surface area contributed by atoms with Gasteiger partial charge in [0.2, 0.25) is 0 Å². The van der Waals surface area contributed by atoms with Crippen LogP contribution in [0.3, 0.4) is 0 Å². The number of aromatic nitrogens is 1. The number of hydroxylamine groups is 1. The van der Waals surface area contributed by atoms with E-state index >= 15 is 0 Å². The number of sulfonamides is 1. The quantitative estimate of drug-likeness (QED) is 0.232. The Hall–Kier alpha value is -3.89. The summed E-state index contributed by atoms with van der Waals surface area (Å²) in [7, 11) is -2.72. The number of anilines is 1. The van der Waals surface area contributed by atoms with Crippen LogP contribution >= 0.6 is 0 Å². The second-order valence-electron chi connectivity index (χ2n) is 6.61. The zero-order chi connectivity index (χ0) is 23.1. The van der Waals surface area contributed by atoms with E-state index in [2.05, 4.69) is 0 Å². The predicted octanol–water partition coefficient (Wildman–Crippen LogP) is 2.20. The first kappa shape index (κ1) is 22.8. The van der Waals surface area contributed by atoms with Gasteiger partial charge >= 0.3 is 0 Å². The van der Waals surface area contributed by atoms with Crippen LogP contribution in [0.1, 0.15) is 11.1 Å². The van der Waals surface area contributed by atoms with Gasteiger partial charge in [0.05, 0.1) is 17.7 Å². The first-order chi connectivity index (χ1) is 15.3. The molecular weight excluding hydrogens is 434 g/mol. The Labute approximate surface area is 185 Å². The number of benzene rings is 2. The normalized spacial score (nSPS) is 11.3. The molecule has 0 aliphatic rings. The number of ether oxygens (including phenoxy) is 1. The highest BCUT2D eigenvalue weighted by molar-refractivity contribution is 7.92. The second-order valence-corrected chi connectivity index (χ2v) is 8.47. The number of rotatable bonds is 8. The van der Waals surface area contributed by atoms with Crippen LogP contribution in [0.4, 0.5) is 5.69 Å². The van der Waals surface area contributed by atoms with Gasteiger partial charge in [-0.15, -0.1) is 0 Å². The number of amides is 1. The van der Waals surface area contributed by atoms with Crippen molar-refractivity contribution in [1.82, 2.24) is 5.48 Å². The molecule has 3 aromatic rings. The third-order valence-electron chi connectivity index (χ3n) is 4.52. The summed E-state index contributed by atoms with van der Waals surface area (Å²) in [6.07, 6.45) is 6.00. The number of carbonyl (C=O) groups is 1. The fourth-order valence-electron chi connectivity index (χ4n) is 2.95. The Morgan fingerprint density at radius 1 is 1.12 bits per heavy atom. The molecule has 166 valence electrons. The van der Waals surface area contributed by atoms with Crippen molar-refractivity contribution in [2.75, 3.05) is 18.0 Å². The number of pyridine rings is 1. The van der Waals surface area contributed by atoms with Gasteiger partial charge in [0.25, 0.3) is 15.9 Å². The average Bonchev–Trinajstić information content (AvgIpc) is 2.81. The number of para-hydroxylation sites is 1. The molecule has 0 bridgehead atoms. The molecule has 0 aliphatic carbocycles. The van der Waals surface area contributed by atoms with E-state index in [0.29, 0.717) is 21.6 Å². The number of nitrogens with one attached hydrogen (secondary N) is 1. The van der Waals surface area contributed by atoms with E-state index in [0.717, 1.165) is 4.31 Å². The third kappa shape index (κ3) is 5.23. The first-order valence-corrected chi connectivity index (χ1v) is 10.8. The van der Waals surface area contributed by atoms with Crippen LogP contribution in [0.5, 0.6) is 5.75 Å². The fraction of sp³-hybridized carbons (Fsp3) is 0.0909. The Balaban J connectivity index is 2.07. The molecule has 9 nitrogen and oxygen atoms in total. The lowest BCUT2D eigenvalue weighted by Gasteiger charge is -2.25. The molecule has 1 amide bonds. The zero-order valence-electron chi connectivity index (χ0n) is 17.1. The van der Waals surface area contributed by atoms with Gasteiger partial charge < -0.3 is 9.94 Å². The van der Waals surface area contributed by atoms with E-state index in [1.165, 1.54) is 49.2 Å². The number of methoxy groups -OCH3 is 1. The lowest BCUT2D eigenvalue weighted by atomic mass is 10.1. The van der Waals surface area contributed by atoms with Crippen LogP contribution in [-0.2, 0) is 14.8 Å². The molecule has 32 heavy (non-hydrogen) atoms. The third-order valence-corrected chi connectivity index (χ3v) is 6.29. The van der Waals surface area contributed by atoms with E-state index in [1.807, 2.05) is 0 Å². The minimum absolute atomic E-state index is 0.0571. The molecule has 0 saturated carbocycles. The molecule has 0 radical (unpaired) electrons. The average molecular weight is 455 g/mol. The van der Waals surface area contributed by atoms with Crippen LogP contribution < -0.4 is 19.3 Å². The molecule has 3 rings (SSSR count).